The maximum absolute atomic E-state index is 14.2. The molecule has 2 saturated heterocycles. The second-order valence-corrected chi connectivity index (χ2v) is 17.9. The molecule has 15 nitrogen and oxygen atoms in total. The number of nitrogens with one attached hydrogen (secondary N) is 2. The van der Waals surface area contributed by atoms with Crippen molar-refractivity contribution in [2.75, 3.05) is 58.4 Å². The molecular formula is C44H60N10O5. The van der Waals surface area contributed by atoms with Gasteiger partial charge in [-0.2, -0.15) is 5.10 Å². The number of aromatic nitrogens is 5. The number of aryl methyl sites for hydroxylation is 2. The summed E-state index contributed by atoms with van der Waals surface area (Å²) in [6.07, 6.45) is 4.34. The van der Waals surface area contributed by atoms with Crippen molar-refractivity contribution >= 4 is 34.4 Å². The molecule has 3 aromatic heterocycles. The van der Waals surface area contributed by atoms with E-state index in [9.17, 15) is 14.4 Å². The molecule has 0 radical (unpaired) electrons. The van der Waals surface area contributed by atoms with Crippen molar-refractivity contribution in [1.29, 1.82) is 0 Å². The van der Waals surface area contributed by atoms with Crippen LogP contribution in [0.15, 0.2) is 30.5 Å². The number of nitrogens with zero attached hydrogens (tertiary/aromatic N) is 8. The number of cyclic esters (lactones) is 1. The van der Waals surface area contributed by atoms with E-state index in [0.29, 0.717) is 44.0 Å². The molecule has 1 aromatic carbocycles. The Morgan fingerprint density at radius 2 is 1.88 bits per heavy atom. The molecule has 1 aliphatic carbocycles. The molecule has 0 spiro atoms. The zero-order valence-electron chi connectivity index (χ0n) is 35.9. The van der Waals surface area contributed by atoms with E-state index >= 15 is 0 Å². The Balaban J connectivity index is 1.28. The molecule has 2 amide bonds. The minimum atomic E-state index is -0.917. The summed E-state index contributed by atoms with van der Waals surface area (Å²) in [4.78, 5) is 56.2. The molecule has 3 aliphatic heterocycles. The van der Waals surface area contributed by atoms with Crippen molar-refractivity contribution in [2.24, 2.45) is 24.3 Å². The molecule has 2 N–H and O–H groups in total. The van der Waals surface area contributed by atoms with Gasteiger partial charge in [-0.15, -0.1) is 0 Å². The highest BCUT2D eigenvalue weighted by molar-refractivity contribution is 5.95. The summed E-state index contributed by atoms with van der Waals surface area (Å²) in [7, 11) is 5.74. The summed E-state index contributed by atoms with van der Waals surface area (Å²) in [6.45, 7) is 15.6. The summed E-state index contributed by atoms with van der Waals surface area (Å²) in [5.41, 5.74) is 9.76. The number of benzene rings is 1. The van der Waals surface area contributed by atoms with Crippen molar-refractivity contribution in [3.8, 4) is 22.6 Å². The molecule has 4 aliphatic rings. The lowest BCUT2D eigenvalue weighted by atomic mass is 9.84. The Morgan fingerprint density at radius 3 is 2.59 bits per heavy atom. The summed E-state index contributed by atoms with van der Waals surface area (Å²) in [5, 5.41) is 10.3. The van der Waals surface area contributed by atoms with Gasteiger partial charge in [0.25, 0.3) is 5.91 Å². The van der Waals surface area contributed by atoms with Gasteiger partial charge in [-0.3, -0.25) is 24.4 Å². The van der Waals surface area contributed by atoms with Crippen LogP contribution in [0.1, 0.15) is 77.1 Å². The van der Waals surface area contributed by atoms with Crippen molar-refractivity contribution < 1.29 is 23.9 Å². The molecular weight excluding hydrogens is 749 g/mol. The van der Waals surface area contributed by atoms with Crippen LogP contribution in [0.2, 0.25) is 0 Å². The minimum Gasteiger partial charge on any atom is -0.464 e. The lowest BCUT2D eigenvalue weighted by Gasteiger charge is -2.35. The van der Waals surface area contributed by atoms with Gasteiger partial charge in [-0.05, 0) is 82.3 Å². The first-order valence-corrected chi connectivity index (χ1v) is 21.3. The number of fused-ring (bicyclic) bond motifs is 6. The number of carbonyl (C=O) groups excluding carboxylic acids is 3. The van der Waals surface area contributed by atoms with Gasteiger partial charge in [0.1, 0.15) is 12.1 Å². The number of pyridine rings is 1. The van der Waals surface area contributed by atoms with Gasteiger partial charge in [-0.25, -0.2) is 15.1 Å². The molecule has 5 atom stereocenters. The number of carbonyl (C=O) groups is 3. The molecule has 1 saturated carbocycles. The number of hydrogen-bond donors (Lipinski definition) is 2. The fourth-order valence-electron chi connectivity index (χ4n) is 9.03. The van der Waals surface area contributed by atoms with Gasteiger partial charge in [0.05, 0.1) is 36.0 Å². The quantitative estimate of drug-likeness (QED) is 0.258. The van der Waals surface area contributed by atoms with E-state index in [1.165, 1.54) is 5.01 Å². The van der Waals surface area contributed by atoms with Crippen molar-refractivity contribution in [1.82, 2.24) is 45.0 Å². The lowest BCUT2D eigenvalue weighted by Crippen LogP contribution is -2.60. The van der Waals surface area contributed by atoms with E-state index in [2.05, 4.69) is 77.2 Å². The highest BCUT2D eigenvalue weighted by atomic mass is 16.5. The lowest BCUT2D eigenvalue weighted by molar-refractivity contribution is -0.155. The van der Waals surface area contributed by atoms with Gasteiger partial charge in [0, 0.05) is 93.2 Å². The van der Waals surface area contributed by atoms with Gasteiger partial charge in [-0.1, -0.05) is 20.8 Å². The first-order valence-electron chi connectivity index (χ1n) is 21.3. The smallest absolute Gasteiger partial charge is 0.324 e. The second-order valence-electron chi connectivity index (χ2n) is 17.9. The molecule has 0 unspecified atom stereocenters. The van der Waals surface area contributed by atoms with Crippen LogP contribution in [0.25, 0.3) is 33.5 Å². The average Bonchev–Trinajstić information content (AvgIpc) is 3.75. The van der Waals surface area contributed by atoms with E-state index in [4.69, 9.17) is 24.5 Å². The third-order valence-corrected chi connectivity index (χ3v) is 12.8. The first-order chi connectivity index (χ1) is 28.2. The third kappa shape index (κ3) is 8.21. The van der Waals surface area contributed by atoms with Crippen LogP contribution in [0.5, 0.6) is 0 Å². The van der Waals surface area contributed by atoms with Gasteiger partial charge in [0.15, 0.2) is 11.6 Å². The predicted octanol–water partition coefficient (Wildman–Crippen LogP) is 4.28. The number of hydrazine groups is 1. The fourth-order valence-corrected chi connectivity index (χ4v) is 9.03. The monoisotopic (exact) mass is 808 g/mol. The number of hydrogen-bond acceptors (Lipinski definition) is 11. The molecule has 59 heavy (non-hydrogen) atoms. The van der Waals surface area contributed by atoms with Crippen LogP contribution in [-0.2, 0) is 50.3 Å². The Hall–Kier alpha value is -4.86. The molecule has 316 valence electrons. The molecule has 15 heteroatoms. The predicted molar refractivity (Wildman–Crippen MR) is 225 cm³/mol. The van der Waals surface area contributed by atoms with E-state index in [1.54, 1.807) is 11.8 Å². The van der Waals surface area contributed by atoms with Crippen LogP contribution < -0.4 is 15.6 Å². The normalized spacial score (nSPS) is 24.5. The number of rotatable bonds is 7. The van der Waals surface area contributed by atoms with Crippen LogP contribution >= 0.6 is 0 Å². The Labute approximate surface area is 346 Å². The molecule has 6 heterocycles. The highest BCUT2D eigenvalue weighted by Crippen LogP contribution is 2.43. The standard InChI is InChI=1S/C44H60N10O5/c1-9-53-36-13-12-28-20-31(36)33(39(53)32-21-29(24-45-38(32)27(3)58-8)52-17-15-50(6)16-18-52)23-44(4,5)25-59-43(57)34-11-10-14-54(48-34)42(56)35(46-41(55)30-19-26(30)2)22-37-47-40(28)51(7)49-37/h12-13,20-21,24,26-27,30,34-35,48H,9-11,14-19,22-23,25H2,1-8H3,(H,46,55)/t26-,27-,30-,34-,35-/m0/s1. The summed E-state index contributed by atoms with van der Waals surface area (Å²) in [6, 6.07) is 7.09. The van der Waals surface area contributed by atoms with E-state index < -0.39 is 23.5 Å². The average molecular weight is 809 g/mol. The Morgan fingerprint density at radius 1 is 1.12 bits per heavy atom. The summed E-state index contributed by atoms with van der Waals surface area (Å²) in [5.74, 6) is 0.374. The second kappa shape index (κ2) is 16.3. The topological polar surface area (TPSA) is 152 Å². The number of amides is 2. The van der Waals surface area contributed by atoms with E-state index in [-0.39, 0.29) is 42.8 Å². The minimum absolute atomic E-state index is 0.0992. The molecule has 4 aromatic rings. The molecule has 3 fully saturated rings. The highest BCUT2D eigenvalue weighted by Gasteiger charge is 2.42. The van der Waals surface area contributed by atoms with Gasteiger partial charge < -0.3 is 29.2 Å². The number of piperazine rings is 1. The van der Waals surface area contributed by atoms with Gasteiger partial charge >= 0.3 is 5.97 Å². The Bertz CT molecular complexity index is 2240. The molecule has 8 rings (SSSR count). The number of esters is 1. The Kier molecular flexibility index (Phi) is 11.3. The SMILES string of the molecule is CCn1c(-c2cc(N3CCN(C)CC3)cnc2[C@H](C)OC)c2c3cc(ccc31)-c1nc(nn1C)C[C@H](NC(=O)[C@H]1C[C@@H]1C)C(=O)N1CCC[C@H](N1)C(=O)OCC(C)(C)C2. The number of methoxy groups -OCH3 is 1. The number of likely N-dealkylation sites (N-methyl/N-ethyl adjacent to an activating group) is 1. The largest absolute Gasteiger partial charge is 0.464 e. The van der Waals surface area contributed by atoms with Crippen LogP contribution in [0, 0.1) is 17.3 Å². The van der Waals surface area contributed by atoms with Crippen molar-refractivity contribution in [3.63, 3.8) is 0 Å². The number of anilines is 1. The van der Waals surface area contributed by atoms with Crippen LogP contribution in [0.3, 0.4) is 0 Å². The number of ether oxygens (including phenoxy) is 2. The van der Waals surface area contributed by atoms with Crippen molar-refractivity contribution in [2.45, 2.75) is 91.5 Å². The summed E-state index contributed by atoms with van der Waals surface area (Å²) < 4.78 is 16.2. The van der Waals surface area contributed by atoms with Crippen molar-refractivity contribution in [3.05, 3.63) is 47.5 Å². The maximum atomic E-state index is 14.2. The van der Waals surface area contributed by atoms with Gasteiger partial charge in [0.2, 0.25) is 5.91 Å². The molecule has 6 bridgehead atoms. The zero-order chi connectivity index (χ0) is 41.7. The van der Waals surface area contributed by atoms with E-state index in [1.807, 2.05) is 27.1 Å². The first kappa shape index (κ1) is 40.9. The maximum Gasteiger partial charge on any atom is 0.324 e. The third-order valence-electron chi connectivity index (χ3n) is 12.8. The van der Waals surface area contributed by atoms with E-state index in [0.717, 1.165) is 77.3 Å². The fraction of sp³-hybridized carbons (Fsp3) is 0.591. The van der Waals surface area contributed by atoms with Crippen LogP contribution in [0.4, 0.5) is 5.69 Å². The summed E-state index contributed by atoms with van der Waals surface area (Å²) >= 11 is 0. The van der Waals surface area contributed by atoms with Crippen LogP contribution in [-0.4, -0.2) is 118 Å². The zero-order valence-corrected chi connectivity index (χ0v) is 35.9.